The lowest BCUT2D eigenvalue weighted by Gasteiger charge is -2.15. The number of benzene rings is 1. The Labute approximate surface area is 102 Å². The summed E-state index contributed by atoms with van der Waals surface area (Å²) in [6, 6.07) is 4.04. The Hall–Kier alpha value is -0.730. The molecule has 2 N–H and O–H groups in total. The minimum atomic E-state index is 0.0296. The Morgan fingerprint density at radius 3 is 2.56 bits per heavy atom. The van der Waals surface area contributed by atoms with Gasteiger partial charge in [0.2, 0.25) is 0 Å². The van der Waals surface area contributed by atoms with Gasteiger partial charge in [-0.25, -0.2) is 0 Å². The van der Waals surface area contributed by atoms with Crippen molar-refractivity contribution in [2.24, 2.45) is 5.73 Å². The van der Waals surface area contributed by atoms with E-state index in [1.807, 2.05) is 12.1 Å². The van der Waals surface area contributed by atoms with Crippen LogP contribution in [0.3, 0.4) is 0 Å². The summed E-state index contributed by atoms with van der Waals surface area (Å²) in [4.78, 5) is 0. The fourth-order valence-corrected chi connectivity index (χ4v) is 2.27. The zero-order valence-corrected chi connectivity index (χ0v) is 10.6. The second-order valence-electron chi connectivity index (χ2n) is 4.65. The van der Waals surface area contributed by atoms with Crippen LogP contribution in [0.25, 0.3) is 0 Å². The molecule has 1 aliphatic rings. The zero-order valence-electron chi connectivity index (χ0n) is 9.85. The lowest BCUT2D eigenvalue weighted by Crippen LogP contribution is -2.25. The molecular weight excluding hydrogens is 222 g/mol. The van der Waals surface area contributed by atoms with Gasteiger partial charge in [-0.05, 0) is 48.9 Å². The number of aryl methyl sites for hydroxylation is 1. The Balaban J connectivity index is 2.32. The fourth-order valence-electron chi connectivity index (χ4n) is 2.00. The second kappa shape index (κ2) is 4.27. The van der Waals surface area contributed by atoms with E-state index < -0.39 is 0 Å². The molecular formula is C13H18ClNO. The van der Waals surface area contributed by atoms with Gasteiger partial charge in [-0.1, -0.05) is 18.5 Å². The number of methoxy groups -OCH3 is 1. The summed E-state index contributed by atoms with van der Waals surface area (Å²) in [5.41, 5.74) is 8.74. The number of ether oxygens (including phenoxy) is 1. The molecule has 1 aromatic rings. The van der Waals surface area contributed by atoms with Crippen LogP contribution in [-0.2, 0) is 12.8 Å². The Morgan fingerprint density at radius 1 is 1.38 bits per heavy atom. The van der Waals surface area contributed by atoms with Crippen molar-refractivity contribution >= 4 is 11.6 Å². The molecule has 16 heavy (non-hydrogen) atoms. The van der Waals surface area contributed by atoms with Gasteiger partial charge in [0.05, 0.1) is 12.1 Å². The molecule has 0 bridgehead atoms. The van der Waals surface area contributed by atoms with E-state index in [9.17, 15) is 0 Å². The number of nitrogens with two attached hydrogens (primary N) is 1. The highest BCUT2D eigenvalue weighted by molar-refractivity contribution is 6.32. The lowest BCUT2D eigenvalue weighted by atomic mass is 9.97. The number of halogens is 1. The molecule has 0 atom stereocenters. The van der Waals surface area contributed by atoms with Gasteiger partial charge in [-0.2, -0.15) is 0 Å². The highest BCUT2D eigenvalue weighted by Crippen LogP contribution is 2.38. The second-order valence-corrected chi connectivity index (χ2v) is 5.06. The van der Waals surface area contributed by atoms with Crippen molar-refractivity contribution in [3.8, 4) is 5.75 Å². The Kier molecular flexibility index (Phi) is 3.13. The third kappa shape index (κ3) is 2.33. The van der Waals surface area contributed by atoms with E-state index in [-0.39, 0.29) is 5.54 Å². The molecule has 1 aliphatic carbocycles. The summed E-state index contributed by atoms with van der Waals surface area (Å²) < 4.78 is 5.23. The monoisotopic (exact) mass is 239 g/mol. The van der Waals surface area contributed by atoms with Gasteiger partial charge < -0.3 is 10.5 Å². The van der Waals surface area contributed by atoms with Crippen LogP contribution in [0, 0.1) is 0 Å². The van der Waals surface area contributed by atoms with E-state index in [0.29, 0.717) is 5.02 Å². The van der Waals surface area contributed by atoms with Crippen molar-refractivity contribution in [3.63, 3.8) is 0 Å². The molecule has 3 heteroatoms. The van der Waals surface area contributed by atoms with E-state index in [1.165, 1.54) is 11.1 Å². The fraction of sp³-hybridized carbons (Fsp3) is 0.538. The number of hydrogen-bond donors (Lipinski definition) is 1. The van der Waals surface area contributed by atoms with Crippen LogP contribution in [0.4, 0.5) is 0 Å². The first-order valence-electron chi connectivity index (χ1n) is 5.72. The molecule has 1 fully saturated rings. The first kappa shape index (κ1) is 11.7. The van der Waals surface area contributed by atoms with Crippen molar-refractivity contribution in [1.29, 1.82) is 0 Å². The molecule has 2 nitrogen and oxygen atoms in total. The van der Waals surface area contributed by atoms with Crippen LogP contribution in [0.2, 0.25) is 5.02 Å². The summed E-state index contributed by atoms with van der Waals surface area (Å²) in [5, 5.41) is 0.680. The van der Waals surface area contributed by atoms with Crippen LogP contribution in [-0.4, -0.2) is 12.6 Å². The molecule has 1 saturated carbocycles. The van der Waals surface area contributed by atoms with E-state index in [1.54, 1.807) is 7.11 Å². The standard InChI is InChI=1S/C13H18ClNO/c1-3-9-7-12(16-2)11(14)6-10(9)8-13(15)4-5-13/h6-7H,3-5,8,15H2,1-2H3. The predicted molar refractivity (Wildman–Crippen MR) is 67.2 cm³/mol. The van der Waals surface area contributed by atoms with Crippen molar-refractivity contribution in [3.05, 3.63) is 28.3 Å². The van der Waals surface area contributed by atoms with Gasteiger partial charge in [0.25, 0.3) is 0 Å². The van der Waals surface area contributed by atoms with Gasteiger partial charge in [0.15, 0.2) is 0 Å². The maximum Gasteiger partial charge on any atom is 0.137 e. The van der Waals surface area contributed by atoms with E-state index in [0.717, 1.165) is 31.4 Å². The summed E-state index contributed by atoms with van der Waals surface area (Å²) in [5.74, 6) is 0.754. The van der Waals surface area contributed by atoms with Crippen molar-refractivity contribution in [2.45, 2.75) is 38.1 Å². The largest absolute Gasteiger partial charge is 0.495 e. The molecule has 0 unspecified atom stereocenters. The van der Waals surface area contributed by atoms with E-state index in [2.05, 4.69) is 6.92 Å². The minimum absolute atomic E-state index is 0.0296. The third-order valence-corrected chi connectivity index (χ3v) is 3.59. The molecule has 1 aromatic carbocycles. The Bertz CT molecular complexity index is 399. The quantitative estimate of drug-likeness (QED) is 0.877. The van der Waals surface area contributed by atoms with Crippen LogP contribution in [0.1, 0.15) is 30.9 Å². The topological polar surface area (TPSA) is 35.2 Å². The minimum Gasteiger partial charge on any atom is -0.495 e. The van der Waals surface area contributed by atoms with Crippen molar-refractivity contribution in [1.82, 2.24) is 0 Å². The smallest absolute Gasteiger partial charge is 0.137 e. The molecule has 0 radical (unpaired) electrons. The maximum atomic E-state index is 6.15. The van der Waals surface area contributed by atoms with Crippen LogP contribution in [0.15, 0.2) is 12.1 Å². The van der Waals surface area contributed by atoms with Gasteiger partial charge in [-0.15, -0.1) is 0 Å². The first-order chi connectivity index (χ1) is 7.58. The number of rotatable bonds is 4. The summed E-state index contributed by atoms with van der Waals surface area (Å²) >= 11 is 6.14. The summed E-state index contributed by atoms with van der Waals surface area (Å²) in [6.07, 6.45) is 4.17. The summed E-state index contributed by atoms with van der Waals surface area (Å²) in [6.45, 7) is 2.14. The first-order valence-corrected chi connectivity index (χ1v) is 6.10. The highest BCUT2D eigenvalue weighted by Gasteiger charge is 2.38. The van der Waals surface area contributed by atoms with Gasteiger partial charge in [-0.3, -0.25) is 0 Å². The molecule has 88 valence electrons. The van der Waals surface area contributed by atoms with Crippen LogP contribution in [0.5, 0.6) is 5.75 Å². The molecule has 0 amide bonds. The van der Waals surface area contributed by atoms with Crippen LogP contribution >= 0.6 is 11.6 Å². The van der Waals surface area contributed by atoms with Crippen molar-refractivity contribution in [2.75, 3.05) is 7.11 Å². The molecule has 0 aliphatic heterocycles. The molecule has 0 saturated heterocycles. The predicted octanol–water partition coefficient (Wildman–Crippen LogP) is 2.94. The van der Waals surface area contributed by atoms with Gasteiger partial charge in [0.1, 0.15) is 5.75 Å². The average molecular weight is 240 g/mol. The molecule has 0 aromatic heterocycles. The van der Waals surface area contributed by atoms with E-state index >= 15 is 0 Å². The zero-order chi connectivity index (χ0) is 11.8. The van der Waals surface area contributed by atoms with E-state index in [4.69, 9.17) is 22.1 Å². The highest BCUT2D eigenvalue weighted by atomic mass is 35.5. The molecule has 0 spiro atoms. The number of hydrogen-bond acceptors (Lipinski definition) is 2. The average Bonchev–Trinajstić information content (AvgIpc) is 2.96. The SMILES string of the molecule is CCc1cc(OC)c(Cl)cc1CC1(N)CC1. The lowest BCUT2D eigenvalue weighted by molar-refractivity contribution is 0.414. The third-order valence-electron chi connectivity index (χ3n) is 3.29. The normalized spacial score (nSPS) is 17.2. The maximum absolute atomic E-state index is 6.15. The Morgan fingerprint density at radius 2 is 2.06 bits per heavy atom. The molecule has 0 heterocycles. The van der Waals surface area contributed by atoms with Crippen LogP contribution < -0.4 is 10.5 Å². The van der Waals surface area contributed by atoms with Gasteiger partial charge >= 0.3 is 0 Å². The molecule has 2 rings (SSSR count). The van der Waals surface area contributed by atoms with Gasteiger partial charge in [0, 0.05) is 5.54 Å². The van der Waals surface area contributed by atoms with Crippen molar-refractivity contribution < 1.29 is 4.74 Å². The summed E-state index contributed by atoms with van der Waals surface area (Å²) in [7, 11) is 1.64.